The average Bonchev–Trinajstić information content (AvgIpc) is 2.42. The van der Waals surface area contributed by atoms with Gasteiger partial charge in [0.2, 0.25) is 0 Å². The van der Waals surface area contributed by atoms with Crippen LogP contribution in [0.15, 0.2) is 27.4 Å². The van der Waals surface area contributed by atoms with E-state index in [4.69, 9.17) is 4.42 Å². The summed E-state index contributed by atoms with van der Waals surface area (Å²) < 4.78 is 5.72. The molecular formula is C9H8O3S. The van der Waals surface area contributed by atoms with Gasteiger partial charge >= 0.3 is 4.94 Å². The van der Waals surface area contributed by atoms with Gasteiger partial charge in [0.05, 0.1) is 10.8 Å². The highest BCUT2D eigenvalue weighted by atomic mass is 32.1. The van der Waals surface area contributed by atoms with E-state index in [-0.39, 0.29) is 4.94 Å². The summed E-state index contributed by atoms with van der Waals surface area (Å²) in [6.07, 6.45) is -0.533. The maximum Gasteiger partial charge on any atom is 0.396 e. The third kappa shape index (κ3) is 1.50. The number of hydrogen-bond donors (Lipinski definition) is 1. The second kappa shape index (κ2) is 2.97. The van der Waals surface area contributed by atoms with Gasteiger partial charge in [-0.3, -0.25) is 0 Å². The second-order valence-electron chi connectivity index (χ2n) is 2.84. The molecule has 0 aliphatic heterocycles. The Hall–Kier alpha value is -1.13. The molecule has 0 aliphatic rings. The van der Waals surface area contributed by atoms with Crippen LogP contribution in [0.5, 0.6) is 0 Å². The van der Waals surface area contributed by atoms with Crippen LogP contribution in [0.4, 0.5) is 0 Å². The number of fused-ring (bicyclic) bond motifs is 1. The van der Waals surface area contributed by atoms with Crippen LogP contribution in [0.2, 0.25) is 0 Å². The Morgan fingerprint density at radius 1 is 1.54 bits per heavy atom. The lowest BCUT2D eigenvalue weighted by molar-refractivity contribution is 0.199. The summed E-state index contributed by atoms with van der Waals surface area (Å²) in [5.74, 6) is 0. The molecule has 0 saturated heterocycles. The molecule has 1 unspecified atom stereocenters. The van der Waals surface area contributed by atoms with E-state index < -0.39 is 6.10 Å². The summed E-state index contributed by atoms with van der Waals surface area (Å²) in [5.41, 5.74) is 1.31. The molecule has 0 radical (unpaired) electrons. The summed E-state index contributed by atoms with van der Waals surface area (Å²) in [6, 6.07) is 5.27. The highest BCUT2D eigenvalue weighted by Gasteiger charge is 2.05. The summed E-state index contributed by atoms with van der Waals surface area (Å²) in [4.78, 5) is 10.6. The van der Waals surface area contributed by atoms with Crippen molar-refractivity contribution in [2.75, 3.05) is 0 Å². The minimum Gasteiger partial charge on any atom is -0.414 e. The molecule has 1 aromatic heterocycles. The van der Waals surface area contributed by atoms with Gasteiger partial charge in [-0.1, -0.05) is 17.4 Å². The Kier molecular flexibility index (Phi) is 1.94. The SMILES string of the molecule is CC(O)c1ccc2sc(=O)oc2c1. The Bertz CT molecular complexity index is 481. The summed E-state index contributed by atoms with van der Waals surface area (Å²) in [5, 5.41) is 9.27. The van der Waals surface area contributed by atoms with Gasteiger partial charge in [-0.25, -0.2) is 4.79 Å². The molecular weight excluding hydrogens is 188 g/mol. The molecule has 13 heavy (non-hydrogen) atoms. The van der Waals surface area contributed by atoms with Gasteiger partial charge in [0, 0.05) is 0 Å². The van der Waals surface area contributed by atoms with Crippen LogP contribution in [-0.4, -0.2) is 5.11 Å². The van der Waals surface area contributed by atoms with Crippen LogP contribution < -0.4 is 4.94 Å². The first-order chi connectivity index (χ1) is 6.16. The zero-order valence-corrected chi connectivity index (χ0v) is 7.80. The number of aliphatic hydroxyl groups is 1. The molecule has 1 N–H and O–H groups in total. The molecule has 1 heterocycles. The van der Waals surface area contributed by atoms with Crippen molar-refractivity contribution in [1.82, 2.24) is 0 Å². The molecule has 0 spiro atoms. The smallest absolute Gasteiger partial charge is 0.396 e. The Labute approximate surface area is 78.2 Å². The first kappa shape index (κ1) is 8.47. The molecule has 4 heteroatoms. The van der Waals surface area contributed by atoms with E-state index in [2.05, 4.69) is 0 Å². The number of rotatable bonds is 1. The molecule has 1 aromatic carbocycles. The topological polar surface area (TPSA) is 50.4 Å². The van der Waals surface area contributed by atoms with Crippen molar-refractivity contribution in [3.05, 3.63) is 33.5 Å². The molecule has 0 fully saturated rings. The van der Waals surface area contributed by atoms with Crippen molar-refractivity contribution in [3.8, 4) is 0 Å². The summed E-state index contributed by atoms with van der Waals surface area (Å²) in [6.45, 7) is 1.67. The van der Waals surface area contributed by atoms with Crippen LogP contribution in [0, 0.1) is 0 Å². The normalized spacial score (nSPS) is 13.4. The number of benzene rings is 1. The molecule has 2 rings (SSSR count). The van der Waals surface area contributed by atoms with E-state index >= 15 is 0 Å². The largest absolute Gasteiger partial charge is 0.414 e. The van der Waals surface area contributed by atoms with Crippen molar-refractivity contribution in [2.24, 2.45) is 0 Å². The van der Waals surface area contributed by atoms with Gasteiger partial charge in [-0.15, -0.1) is 0 Å². The maximum atomic E-state index is 10.9. The first-order valence-corrected chi connectivity index (χ1v) is 4.70. The Morgan fingerprint density at radius 2 is 2.31 bits per heavy atom. The van der Waals surface area contributed by atoms with Gasteiger partial charge in [0.25, 0.3) is 0 Å². The van der Waals surface area contributed by atoms with Gasteiger partial charge in [-0.2, -0.15) is 0 Å². The lowest BCUT2D eigenvalue weighted by Gasteiger charge is -2.02. The van der Waals surface area contributed by atoms with Crippen LogP contribution in [0.3, 0.4) is 0 Å². The molecule has 0 bridgehead atoms. The van der Waals surface area contributed by atoms with E-state index in [1.54, 1.807) is 25.1 Å². The van der Waals surface area contributed by atoms with E-state index in [1.165, 1.54) is 0 Å². The highest BCUT2D eigenvalue weighted by Crippen LogP contribution is 2.21. The van der Waals surface area contributed by atoms with Crippen LogP contribution >= 0.6 is 11.3 Å². The maximum absolute atomic E-state index is 10.9. The molecule has 1 atom stereocenters. The Balaban J connectivity index is 2.68. The van der Waals surface area contributed by atoms with Crippen molar-refractivity contribution in [2.45, 2.75) is 13.0 Å². The van der Waals surface area contributed by atoms with Gasteiger partial charge < -0.3 is 9.52 Å². The zero-order valence-electron chi connectivity index (χ0n) is 6.98. The van der Waals surface area contributed by atoms with E-state index in [0.29, 0.717) is 5.58 Å². The average molecular weight is 196 g/mol. The molecule has 3 nitrogen and oxygen atoms in total. The van der Waals surface area contributed by atoms with Crippen molar-refractivity contribution >= 4 is 21.6 Å². The van der Waals surface area contributed by atoms with E-state index in [0.717, 1.165) is 21.6 Å². The monoisotopic (exact) mass is 196 g/mol. The lowest BCUT2D eigenvalue weighted by atomic mass is 10.1. The van der Waals surface area contributed by atoms with Gasteiger partial charge in [-0.05, 0) is 24.6 Å². The molecule has 2 aromatic rings. The van der Waals surface area contributed by atoms with Crippen molar-refractivity contribution in [3.63, 3.8) is 0 Å². The molecule has 68 valence electrons. The van der Waals surface area contributed by atoms with Crippen LogP contribution in [-0.2, 0) is 0 Å². The molecule has 0 amide bonds. The minimum absolute atomic E-state index is 0.308. The highest BCUT2D eigenvalue weighted by molar-refractivity contribution is 7.16. The quantitative estimate of drug-likeness (QED) is 0.757. The van der Waals surface area contributed by atoms with Gasteiger partial charge in [0.15, 0.2) is 0 Å². The van der Waals surface area contributed by atoms with E-state index in [1.807, 2.05) is 0 Å². The standard InChI is InChI=1S/C9H8O3S/c1-5(10)6-2-3-8-7(4-6)12-9(11)13-8/h2-5,10H,1H3. The van der Waals surface area contributed by atoms with Crippen LogP contribution in [0.1, 0.15) is 18.6 Å². The third-order valence-electron chi connectivity index (χ3n) is 1.84. The summed E-state index contributed by atoms with van der Waals surface area (Å²) >= 11 is 1.07. The summed E-state index contributed by atoms with van der Waals surface area (Å²) in [7, 11) is 0. The van der Waals surface area contributed by atoms with Crippen molar-refractivity contribution in [1.29, 1.82) is 0 Å². The van der Waals surface area contributed by atoms with E-state index in [9.17, 15) is 9.90 Å². The van der Waals surface area contributed by atoms with Gasteiger partial charge in [0.1, 0.15) is 5.58 Å². The number of aliphatic hydroxyl groups excluding tert-OH is 1. The fourth-order valence-corrected chi connectivity index (χ4v) is 1.80. The van der Waals surface area contributed by atoms with Crippen LogP contribution in [0.25, 0.3) is 10.3 Å². The molecule has 0 saturated carbocycles. The first-order valence-electron chi connectivity index (χ1n) is 3.88. The fourth-order valence-electron chi connectivity index (χ4n) is 1.15. The Morgan fingerprint density at radius 3 is 3.00 bits per heavy atom. The third-order valence-corrected chi connectivity index (χ3v) is 2.64. The molecule has 0 aliphatic carbocycles. The zero-order chi connectivity index (χ0) is 9.42. The lowest BCUT2D eigenvalue weighted by Crippen LogP contribution is -1.88. The minimum atomic E-state index is -0.533. The second-order valence-corrected chi connectivity index (χ2v) is 3.81. The number of hydrogen-bond acceptors (Lipinski definition) is 4. The predicted molar refractivity (Wildman–Crippen MR) is 51.0 cm³/mol. The van der Waals surface area contributed by atoms with Crippen molar-refractivity contribution < 1.29 is 9.52 Å². The predicted octanol–water partition coefficient (Wildman–Crippen LogP) is 1.91. The fraction of sp³-hybridized carbons (Fsp3) is 0.222.